The normalized spacial score (nSPS) is 35.0. The Morgan fingerprint density at radius 1 is 1.08 bits per heavy atom. The van der Waals surface area contributed by atoms with E-state index >= 15 is 0 Å². The van der Waals surface area contributed by atoms with Crippen molar-refractivity contribution in [3.63, 3.8) is 0 Å². The van der Waals surface area contributed by atoms with Crippen LogP contribution in [-0.2, 0) is 4.79 Å². The minimum atomic E-state index is 0.0762. The van der Waals surface area contributed by atoms with Gasteiger partial charge in [0.05, 0.1) is 6.61 Å². The van der Waals surface area contributed by atoms with Gasteiger partial charge < -0.3 is 10.4 Å². The fourth-order valence-corrected chi connectivity index (χ4v) is 5.94. The molecule has 0 aliphatic heterocycles. The molecule has 0 aromatic heterocycles. The summed E-state index contributed by atoms with van der Waals surface area (Å²) in [5.41, 5.74) is 1.15. The molecule has 1 aromatic carbocycles. The van der Waals surface area contributed by atoms with E-state index in [1.54, 1.807) is 0 Å². The highest BCUT2D eigenvalue weighted by Gasteiger charge is 2.51. The number of para-hydroxylation sites is 1. The minimum absolute atomic E-state index is 0.0762. The molecular weight excluding hydrogens is 300 g/mol. The van der Waals surface area contributed by atoms with Crippen LogP contribution in [0.1, 0.15) is 38.5 Å². The van der Waals surface area contributed by atoms with Crippen LogP contribution < -0.4 is 10.2 Å². The number of quaternary nitrogens is 1. The molecule has 4 nitrogen and oxygen atoms in total. The SMILES string of the molecule is O=C(C[NH+](CCO)c1ccccc1)NC12CC3CC(CC(C3)C1)C2. The number of amides is 1. The van der Waals surface area contributed by atoms with E-state index in [1.165, 1.54) is 38.5 Å². The molecule has 4 bridgehead atoms. The molecule has 5 rings (SSSR count). The summed E-state index contributed by atoms with van der Waals surface area (Å²) in [6.45, 7) is 1.07. The molecule has 4 aliphatic rings. The summed E-state index contributed by atoms with van der Waals surface area (Å²) in [6, 6.07) is 10.0. The van der Waals surface area contributed by atoms with Gasteiger partial charge in [0.25, 0.3) is 5.91 Å². The molecule has 1 aromatic rings. The summed E-state index contributed by atoms with van der Waals surface area (Å²) >= 11 is 0. The smallest absolute Gasteiger partial charge is 0.276 e. The number of hydrogen-bond donors (Lipinski definition) is 3. The number of benzene rings is 1. The summed E-state index contributed by atoms with van der Waals surface area (Å²) < 4.78 is 0. The van der Waals surface area contributed by atoms with Crippen LogP contribution in [0.2, 0.25) is 0 Å². The summed E-state index contributed by atoms with van der Waals surface area (Å²) in [4.78, 5) is 13.8. The van der Waals surface area contributed by atoms with Gasteiger partial charge in [-0.3, -0.25) is 9.69 Å². The molecule has 4 aliphatic carbocycles. The van der Waals surface area contributed by atoms with Crippen molar-refractivity contribution in [3.8, 4) is 0 Å². The van der Waals surface area contributed by atoms with Crippen molar-refractivity contribution in [1.82, 2.24) is 5.32 Å². The third kappa shape index (κ3) is 3.22. The third-order valence-electron chi connectivity index (χ3n) is 6.41. The van der Waals surface area contributed by atoms with Crippen LogP contribution in [0, 0.1) is 17.8 Å². The standard InChI is InChI=1S/C20H28N2O2/c23-7-6-22(18-4-2-1-3-5-18)14-19(24)21-20-11-15-8-16(12-20)10-17(9-15)13-20/h1-5,15-17,23H,6-14H2,(H,21,24)/p+1. The van der Waals surface area contributed by atoms with Crippen LogP contribution in [0.25, 0.3) is 0 Å². The highest BCUT2D eigenvalue weighted by Crippen LogP contribution is 2.55. The second kappa shape index (κ2) is 6.49. The number of nitrogens with one attached hydrogen (secondary N) is 2. The zero-order valence-corrected chi connectivity index (χ0v) is 14.3. The van der Waals surface area contributed by atoms with Crippen LogP contribution in [0.3, 0.4) is 0 Å². The van der Waals surface area contributed by atoms with Crippen molar-refractivity contribution < 1.29 is 14.8 Å². The van der Waals surface area contributed by atoms with E-state index in [9.17, 15) is 9.90 Å². The molecule has 4 heteroatoms. The maximum Gasteiger partial charge on any atom is 0.276 e. The summed E-state index contributed by atoms with van der Waals surface area (Å²) in [6.07, 6.45) is 7.73. The molecule has 0 radical (unpaired) electrons. The fourth-order valence-electron chi connectivity index (χ4n) is 5.94. The zero-order chi connectivity index (χ0) is 16.6. The minimum Gasteiger partial charge on any atom is -0.390 e. The first-order valence-corrected chi connectivity index (χ1v) is 9.48. The molecule has 1 amide bonds. The van der Waals surface area contributed by atoms with Gasteiger partial charge in [-0.25, -0.2) is 0 Å². The Morgan fingerprint density at radius 2 is 1.67 bits per heavy atom. The van der Waals surface area contributed by atoms with Gasteiger partial charge in [0.2, 0.25) is 0 Å². The van der Waals surface area contributed by atoms with Gasteiger partial charge in [0.1, 0.15) is 12.2 Å². The summed E-state index contributed by atoms with van der Waals surface area (Å²) in [7, 11) is 0. The average Bonchev–Trinajstić information content (AvgIpc) is 2.53. The number of aliphatic hydroxyl groups excluding tert-OH is 1. The largest absolute Gasteiger partial charge is 0.390 e. The first kappa shape index (κ1) is 16.1. The third-order valence-corrected chi connectivity index (χ3v) is 6.41. The van der Waals surface area contributed by atoms with E-state index in [1.807, 2.05) is 30.3 Å². The van der Waals surface area contributed by atoms with Gasteiger partial charge in [-0.05, 0) is 68.4 Å². The number of rotatable bonds is 6. The molecule has 4 saturated carbocycles. The molecule has 0 saturated heterocycles. The van der Waals surface area contributed by atoms with E-state index in [4.69, 9.17) is 0 Å². The Kier molecular flexibility index (Phi) is 4.35. The molecule has 0 spiro atoms. The first-order valence-electron chi connectivity index (χ1n) is 9.48. The predicted molar refractivity (Wildman–Crippen MR) is 92.9 cm³/mol. The Hall–Kier alpha value is -1.39. The molecule has 4 fully saturated rings. The van der Waals surface area contributed by atoms with Gasteiger partial charge in [-0.15, -0.1) is 0 Å². The van der Waals surface area contributed by atoms with E-state index in [2.05, 4.69) is 5.32 Å². The van der Waals surface area contributed by atoms with Crippen LogP contribution >= 0.6 is 0 Å². The lowest BCUT2D eigenvalue weighted by Crippen LogP contribution is -3.09. The average molecular weight is 329 g/mol. The van der Waals surface area contributed by atoms with Crippen molar-refractivity contribution in [2.75, 3.05) is 19.7 Å². The lowest BCUT2D eigenvalue weighted by atomic mass is 9.53. The highest BCUT2D eigenvalue weighted by molar-refractivity contribution is 5.78. The van der Waals surface area contributed by atoms with Crippen LogP contribution in [0.4, 0.5) is 5.69 Å². The molecule has 0 heterocycles. The number of hydrogen-bond acceptors (Lipinski definition) is 2. The summed E-state index contributed by atoms with van der Waals surface area (Å²) in [5.74, 6) is 2.66. The van der Waals surface area contributed by atoms with Crippen LogP contribution in [0.5, 0.6) is 0 Å². The fraction of sp³-hybridized carbons (Fsp3) is 0.650. The van der Waals surface area contributed by atoms with E-state index in [0.29, 0.717) is 13.1 Å². The van der Waals surface area contributed by atoms with Crippen molar-refractivity contribution in [2.24, 2.45) is 17.8 Å². The monoisotopic (exact) mass is 329 g/mol. The lowest BCUT2D eigenvalue weighted by molar-refractivity contribution is -0.824. The Balaban J connectivity index is 1.42. The Morgan fingerprint density at radius 3 is 2.21 bits per heavy atom. The Labute approximate surface area is 144 Å². The van der Waals surface area contributed by atoms with Crippen LogP contribution in [0.15, 0.2) is 30.3 Å². The second-order valence-electron chi connectivity index (χ2n) is 8.37. The maximum absolute atomic E-state index is 12.8. The van der Waals surface area contributed by atoms with Gasteiger partial charge in [0, 0.05) is 5.54 Å². The van der Waals surface area contributed by atoms with Gasteiger partial charge >= 0.3 is 0 Å². The van der Waals surface area contributed by atoms with Gasteiger partial charge in [-0.2, -0.15) is 0 Å². The number of carbonyl (C=O) groups is 1. The highest BCUT2D eigenvalue weighted by atomic mass is 16.3. The molecule has 3 N–H and O–H groups in total. The predicted octanol–water partition coefficient (Wildman–Crippen LogP) is 1.28. The lowest BCUT2D eigenvalue weighted by Gasteiger charge is -2.56. The van der Waals surface area contributed by atoms with Crippen molar-refractivity contribution >= 4 is 11.6 Å². The van der Waals surface area contributed by atoms with Gasteiger partial charge in [-0.1, -0.05) is 18.2 Å². The van der Waals surface area contributed by atoms with E-state index in [0.717, 1.165) is 28.3 Å². The molecule has 1 unspecified atom stereocenters. The van der Waals surface area contributed by atoms with Crippen molar-refractivity contribution in [3.05, 3.63) is 30.3 Å². The molecule has 130 valence electrons. The Bertz CT molecular complexity index is 551. The van der Waals surface area contributed by atoms with Crippen molar-refractivity contribution in [2.45, 2.75) is 44.1 Å². The first-order chi connectivity index (χ1) is 11.7. The van der Waals surface area contributed by atoms with Gasteiger partial charge in [0.15, 0.2) is 6.54 Å². The van der Waals surface area contributed by atoms with E-state index in [-0.39, 0.29) is 18.1 Å². The number of aliphatic hydroxyl groups is 1. The molecule has 1 atom stereocenters. The number of carbonyl (C=O) groups excluding carboxylic acids is 1. The topological polar surface area (TPSA) is 53.8 Å². The summed E-state index contributed by atoms with van der Waals surface area (Å²) in [5, 5.41) is 12.8. The maximum atomic E-state index is 12.8. The zero-order valence-electron chi connectivity index (χ0n) is 14.3. The van der Waals surface area contributed by atoms with Crippen LogP contribution in [-0.4, -0.2) is 36.2 Å². The quantitative estimate of drug-likeness (QED) is 0.736. The molecule has 24 heavy (non-hydrogen) atoms. The van der Waals surface area contributed by atoms with Crippen molar-refractivity contribution in [1.29, 1.82) is 0 Å². The second-order valence-corrected chi connectivity index (χ2v) is 8.37. The van der Waals surface area contributed by atoms with E-state index < -0.39 is 0 Å². The molecular formula is C20H29N2O2+.